The van der Waals surface area contributed by atoms with Crippen LogP contribution in [0.25, 0.3) is 0 Å². The first-order valence-electron chi connectivity index (χ1n) is 5.73. The molecule has 0 saturated carbocycles. The predicted octanol–water partition coefficient (Wildman–Crippen LogP) is 1.77. The van der Waals surface area contributed by atoms with Crippen LogP contribution in [-0.2, 0) is 16.0 Å². The number of Topliss-reactive ketones (excluding diaryl/α,β-unsaturated/α-hetero) is 1. The molecule has 0 radical (unpaired) electrons. The Hall–Kier alpha value is -1.84. The van der Waals surface area contributed by atoms with Gasteiger partial charge < -0.3 is 4.74 Å². The number of amides is 1. The fraction of sp³-hybridized carbons (Fsp3) is 0.385. The lowest BCUT2D eigenvalue weighted by molar-refractivity contribution is -0.121. The molecule has 2 atom stereocenters. The summed E-state index contributed by atoms with van der Waals surface area (Å²) in [4.78, 5) is 25.0. The molecule has 0 aromatic heterocycles. The number of anilines is 1. The van der Waals surface area contributed by atoms with Crippen LogP contribution in [0.1, 0.15) is 12.5 Å². The number of para-hydroxylation sites is 1. The van der Waals surface area contributed by atoms with Crippen LogP contribution in [0, 0.1) is 5.92 Å². The van der Waals surface area contributed by atoms with Gasteiger partial charge in [0.2, 0.25) is 0 Å². The van der Waals surface area contributed by atoms with Crippen LogP contribution in [0.3, 0.4) is 0 Å². The first-order valence-corrected chi connectivity index (χ1v) is 5.73. The number of ether oxygens (including phenoxy) is 1. The summed E-state index contributed by atoms with van der Waals surface area (Å²) in [6.07, 6.45) is 0.358. The molecule has 1 aromatic carbocycles. The van der Waals surface area contributed by atoms with Crippen LogP contribution in [-0.4, -0.2) is 24.5 Å². The zero-order valence-corrected chi connectivity index (χ0v) is 9.55. The Kier molecular flexibility index (Phi) is 2.18. The Labute approximate surface area is 99.2 Å². The summed E-state index contributed by atoms with van der Waals surface area (Å²) in [6, 6.07) is 7.57. The minimum atomic E-state index is -0.339. The van der Waals surface area contributed by atoms with Gasteiger partial charge in [-0.25, -0.2) is 4.79 Å². The Morgan fingerprint density at radius 2 is 2.18 bits per heavy atom. The van der Waals surface area contributed by atoms with Gasteiger partial charge in [-0.1, -0.05) is 18.2 Å². The van der Waals surface area contributed by atoms with E-state index in [1.54, 1.807) is 11.8 Å². The summed E-state index contributed by atoms with van der Waals surface area (Å²) in [5.41, 5.74) is 1.93. The number of ketones is 1. The van der Waals surface area contributed by atoms with Crippen LogP contribution in [0.5, 0.6) is 0 Å². The van der Waals surface area contributed by atoms with Gasteiger partial charge in [0.05, 0.1) is 11.7 Å². The van der Waals surface area contributed by atoms with E-state index >= 15 is 0 Å². The molecule has 4 heteroatoms. The van der Waals surface area contributed by atoms with Gasteiger partial charge in [0.25, 0.3) is 0 Å². The second-order valence-electron chi connectivity index (χ2n) is 4.56. The number of hydrogen-bond donors (Lipinski definition) is 0. The van der Waals surface area contributed by atoms with Crippen molar-refractivity contribution in [2.45, 2.75) is 19.4 Å². The molecule has 1 amide bonds. The molecule has 0 unspecified atom stereocenters. The van der Waals surface area contributed by atoms with Gasteiger partial charge in [0.15, 0.2) is 0 Å². The fourth-order valence-electron chi connectivity index (χ4n) is 2.72. The van der Waals surface area contributed by atoms with Crippen molar-refractivity contribution in [3.63, 3.8) is 0 Å². The van der Waals surface area contributed by atoms with E-state index in [1.807, 2.05) is 24.3 Å². The highest BCUT2D eigenvalue weighted by Gasteiger charge is 2.45. The van der Waals surface area contributed by atoms with E-state index in [-0.39, 0.29) is 23.8 Å². The van der Waals surface area contributed by atoms with Crippen molar-refractivity contribution >= 4 is 17.6 Å². The van der Waals surface area contributed by atoms with Crippen LogP contribution in [0.15, 0.2) is 24.3 Å². The first-order chi connectivity index (χ1) is 8.18. The number of hydrogen-bond acceptors (Lipinski definition) is 3. The molecular formula is C13H13NO3. The zero-order chi connectivity index (χ0) is 12.0. The number of carbonyl (C=O) groups is 2. The SMILES string of the molecule is CC(=O)[C@H]1Cc2ccccc2N2C(=O)OC[C@H]12. The molecule has 1 aromatic rings. The monoisotopic (exact) mass is 231 g/mol. The molecular weight excluding hydrogens is 218 g/mol. The first kappa shape index (κ1) is 10.3. The maximum absolute atomic E-state index is 11.7. The molecule has 3 rings (SSSR count). The van der Waals surface area contributed by atoms with E-state index in [0.717, 1.165) is 11.3 Å². The van der Waals surface area contributed by atoms with Crippen molar-refractivity contribution < 1.29 is 14.3 Å². The topological polar surface area (TPSA) is 46.6 Å². The van der Waals surface area contributed by atoms with E-state index in [2.05, 4.69) is 0 Å². The Bertz CT molecular complexity index is 497. The smallest absolute Gasteiger partial charge is 0.414 e. The predicted molar refractivity (Wildman–Crippen MR) is 61.9 cm³/mol. The maximum atomic E-state index is 11.7. The van der Waals surface area contributed by atoms with Crippen molar-refractivity contribution in [2.75, 3.05) is 11.5 Å². The van der Waals surface area contributed by atoms with Crippen molar-refractivity contribution in [1.82, 2.24) is 0 Å². The molecule has 0 aliphatic carbocycles. The molecule has 17 heavy (non-hydrogen) atoms. The third kappa shape index (κ3) is 1.44. The molecule has 88 valence electrons. The van der Waals surface area contributed by atoms with Gasteiger partial charge in [-0.05, 0) is 25.0 Å². The van der Waals surface area contributed by atoms with Crippen LogP contribution < -0.4 is 4.90 Å². The number of rotatable bonds is 1. The van der Waals surface area contributed by atoms with Gasteiger partial charge in [0.1, 0.15) is 12.4 Å². The molecule has 0 bridgehead atoms. The summed E-state index contributed by atoms with van der Waals surface area (Å²) in [6.45, 7) is 1.90. The lowest BCUT2D eigenvalue weighted by Crippen LogP contribution is -2.46. The molecule has 0 spiro atoms. The van der Waals surface area contributed by atoms with E-state index in [0.29, 0.717) is 13.0 Å². The largest absolute Gasteiger partial charge is 0.447 e. The quantitative estimate of drug-likeness (QED) is 0.740. The summed E-state index contributed by atoms with van der Waals surface area (Å²) < 4.78 is 5.07. The molecule has 2 aliphatic heterocycles. The van der Waals surface area contributed by atoms with Crippen LogP contribution in [0.4, 0.5) is 10.5 Å². The number of fused-ring (bicyclic) bond motifs is 3. The van der Waals surface area contributed by atoms with Crippen molar-refractivity contribution in [1.29, 1.82) is 0 Å². The molecule has 1 saturated heterocycles. The summed E-state index contributed by atoms with van der Waals surface area (Å²) in [7, 11) is 0. The molecule has 2 aliphatic rings. The van der Waals surface area contributed by atoms with E-state index in [4.69, 9.17) is 4.74 Å². The molecule has 0 N–H and O–H groups in total. The number of cyclic esters (lactones) is 1. The highest BCUT2D eigenvalue weighted by Crippen LogP contribution is 2.37. The van der Waals surface area contributed by atoms with Gasteiger partial charge in [-0.3, -0.25) is 9.69 Å². The minimum absolute atomic E-state index is 0.118. The zero-order valence-electron chi connectivity index (χ0n) is 9.55. The Balaban J connectivity index is 2.11. The summed E-state index contributed by atoms with van der Waals surface area (Å²) in [5.74, 6) is -0.0239. The third-order valence-corrected chi connectivity index (χ3v) is 3.58. The number of nitrogens with zero attached hydrogens (tertiary/aromatic N) is 1. The van der Waals surface area contributed by atoms with E-state index < -0.39 is 0 Å². The molecule has 1 fully saturated rings. The highest BCUT2D eigenvalue weighted by molar-refractivity contribution is 5.94. The van der Waals surface area contributed by atoms with Gasteiger partial charge in [-0.15, -0.1) is 0 Å². The average Bonchev–Trinajstić information content (AvgIpc) is 2.71. The van der Waals surface area contributed by atoms with Crippen molar-refractivity contribution in [2.24, 2.45) is 5.92 Å². The molecule has 4 nitrogen and oxygen atoms in total. The maximum Gasteiger partial charge on any atom is 0.414 e. The number of benzene rings is 1. The van der Waals surface area contributed by atoms with Crippen molar-refractivity contribution in [3.05, 3.63) is 29.8 Å². The third-order valence-electron chi connectivity index (χ3n) is 3.58. The van der Waals surface area contributed by atoms with Gasteiger partial charge in [-0.2, -0.15) is 0 Å². The van der Waals surface area contributed by atoms with Crippen molar-refractivity contribution in [3.8, 4) is 0 Å². The van der Waals surface area contributed by atoms with Gasteiger partial charge in [0, 0.05) is 5.92 Å². The summed E-state index contributed by atoms with van der Waals surface area (Å²) in [5, 5.41) is 0. The molecule has 2 heterocycles. The standard InChI is InChI=1S/C13H13NO3/c1-8(15)10-6-9-4-2-3-5-11(9)14-12(10)7-17-13(14)16/h2-5,10,12H,6-7H2,1H3/t10-,12-/m1/s1. The van der Waals surface area contributed by atoms with E-state index in [1.165, 1.54) is 0 Å². The van der Waals surface area contributed by atoms with Gasteiger partial charge >= 0.3 is 6.09 Å². The van der Waals surface area contributed by atoms with E-state index in [9.17, 15) is 9.59 Å². The fourth-order valence-corrected chi connectivity index (χ4v) is 2.72. The minimum Gasteiger partial charge on any atom is -0.447 e. The average molecular weight is 231 g/mol. The van der Waals surface area contributed by atoms with Crippen LogP contribution >= 0.6 is 0 Å². The Morgan fingerprint density at radius 3 is 2.94 bits per heavy atom. The Morgan fingerprint density at radius 1 is 1.41 bits per heavy atom. The number of carbonyl (C=O) groups excluding carboxylic acids is 2. The summed E-state index contributed by atoms with van der Waals surface area (Å²) >= 11 is 0. The lowest BCUT2D eigenvalue weighted by Gasteiger charge is -2.34. The van der Waals surface area contributed by atoms with Crippen LogP contribution in [0.2, 0.25) is 0 Å². The normalized spacial score (nSPS) is 26.2. The lowest BCUT2D eigenvalue weighted by atomic mass is 9.84. The second kappa shape index (κ2) is 3.58. The second-order valence-corrected chi connectivity index (χ2v) is 4.56. The highest BCUT2D eigenvalue weighted by atomic mass is 16.6.